The first kappa shape index (κ1) is 34.3. The fourth-order valence-electron chi connectivity index (χ4n) is 5.72. The Morgan fingerprint density at radius 1 is 0.913 bits per heavy atom. The number of fused-ring (bicyclic) bond motifs is 1. The molecule has 12 heteroatoms. The summed E-state index contributed by atoms with van der Waals surface area (Å²) < 4.78 is 1.53. The van der Waals surface area contributed by atoms with Gasteiger partial charge in [0.05, 0.1) is 12.5 Å². The van der Waals surface area contributed by atoms with Gasteiger partial charge in [0.25, 0.3) is 0 Å². The Balaban J connectivity index is 1.58. The van der Waals surface area contributed by atoms with Crippen LogP contribution in [-0.4, -0.2) is 74.0 Å². The van der Waals surface area contributed by atoms with E-state index in [4.69, 9.17) is 0 Å². The Morgan fingerprint density at radius 2 is 1.61 bits per heavy atom. The molecule has 3 N–H and O–H groups in total. The number of nitrogens with zero attached hydrogens (tertiary/aromatic N) is 5. The number of aryl methyl sites for hydroxylation is 3. The molecule has 46 heavy (non-hydrogen) atoms. The smallest absolute Gasteiger partial charge is 0.243 e. The maximum Gasteiger partial charge on any atom is 0.243 e. The first-order valence-electron chi connectivity index (χ1n) is 16.0. The Kier molecular flexibility index (Phi) is 12.0. The lowest BCUT2D eigenvalue weighted by Gasteiger charge is -2.26. The van der Waals surface area contributed by atoms with Crippen LogP contribution in [0.15, 0.2) is 42.5 Å². The van der Waals surface area contributed by atoms with Crippen LogP contribution in [0.25, 0.3) is 0 Å². The minimum Gasteiger partial charge on any atom is -0.354 e. The zero-order valence-corrected chi connectivity index (χ0v) is 27.5. The Morgan fingerprint density at radius 3 is 2.30 bits per heavy atom. The number of amides is 4. The van der Waals surface area contributed by atoms with Crippen LogP contribution in [0, 0.1) is 26.7 Å². The van der Waals surface area contributed by atoms with Crippen LogP contribution >= 0.6 is 0 Å². The predicted octanol–water partition coefficient (Wildman–Crippen LogP) is 2.51. The van der Waals surface area contributed by atoms with E-state index >= 15 is 0 Å². The van der Waals surface area contributed by atoms with Crippen molar-refractivity contribution in [3.8, 4) is 0 Å². The molecule has 0 aliphatic carbocycles. The first-order valence-corrected chi connectivity index (χ1v) is 16.0. The van der Waals surface area contributed by atoms with Crippen LogP contribution < -0.4 is 16.0 Å². The van der Waals surface area contributed by atoms with Gasteiger partial charge in [-0.1, -0.05) is 44.2 Å². The predicted molar refractivity (Wildman–Crippen MR) is 173 cm³/mol. The molecule has 1 aliphatic rings. The molecule has 12 nitrogen and oxygen atoms in total. The second-order valence-corrected chi connectivity index (χ2v) is 12.3. The molecule has 0 radical (unpaired) electrons. The largest absolute Gasteiger partial charge is 0.354 e. The highest BCUT2D eigenvalue weighted by molar-refractivity contribution is 5.88. The minimum atomic E-state index is -0.841. The van der Waals surface area contributed by atoms with Crippen molar-refractivity contribution in [2.75, 3.05) is 19.6 Å². The number of pyridine rings is 1. The lowest BCUT2D eigenvalue weighted by Crippen LogP contribution is -2.50. The van der Waals surface area contributed by atoms with Crippen molar-refractivity contribution in [2.24, 2.45) is 5.92 Å². The molecule has 3 heterocycles. The zero-order chi connectivity index (χ0) is 33.2. The SMILES string of the molecule is Cc1cc(CC(=O)N2CCCNC(=O)Cn3nc(C)nc3[C@H](C(C)C)NC(=O)[C@@H](Cc3ccccc3)NC(=O)CCC2)cc(C)n1. The van der Waals surface area contributed by atoms with E-state index in [0.29, 0.717) is 50.5 Å². The fourth-order valence-corrected chi connectivity index (χ4v) is 5.72. The van der Waals surface area contributed by atoms with E-state index in [2.05, 4.69) is 31.0 Å². The van der Waals surface area contributed by atoms with Crippen molar-refractivity contribution in [3.05, 3.63) is 76.6 Å². The summed E-state index contributed by atoms with van der Waals surface area (Å²) in [6, 6.07) is 11.9. The topological polar surface area (TPSA) is 151 Å². The van der Waals surface area contributed by atoms with E-state index < -0.39 is 12.1 Å². The molecule has 4 amide bonds. The maximum atomic E-state index is 13.8. The number of aromatic nitrogens is 4. The summed E-state index contributed by atoms with van der Waals surface area (Å²) in [6.07, 6.45) is 1.63. The van der Waals surface area contributed by atoms with Crippen LogP contribution in [0.5, 0.6) is 0 Å². The molecular weight excluding hydrogens is 584 g/mol. The third kappa shape index (κ3) is 9.95. The van der Waals surface area contributed by atoms with Crippen LogP contribution in [-0.2, 0) is 38.6 Å². The van der Waals surface area contributed by atoms with Gasteiger partial charge in [0, 0.05) is 43.9 Å². The van der Waals surface area contributed by atoms with Crippen LogP contribution in [0.2, 0.25) is 0 Å². The number of benzene rings is 1. The van der Waals surface area contributed by atoms with Gasteiger partial charge in [-0.3, -0.25) is 24.2 Å². The van der Waals surface area contributed by atoms with Crippen LogP contribution in [0.1, 0.15) is 73.3 Å². The number of hydrogen-bond donors (Lipinski definition) is 3. The van der Waals surface area contributed by atoms with E-state index in [1.807, 2.05) is 70.2 Å². The van der Waals surface area contributed by atoms with Crippen LogP contribution in [0.3, 0.4) is 0 Å². The van der Waals surface area contributed by atoms with Crippen LogP contribution in [0.4, 0.5) is 0 Å². The normalized spacial score (nSPS) is 19.0. The highest BCUT2D eigenvalue weighted by Gasteiger charge is 2.30. The second kappa shape index (κ2) is 16.1. The molecule has 0 fully saturated rings. The highest BCUT2D eigenvalue weighted by Crippen LogP contribution is 2.21. The highest BCUT2D eigenvalue weighted by atomic mass is 16.2. The van der Waals surface area contributed by atoms with Gasteiger partial charge in [-0.15, -0.1) is 0 Å². The van der Waals surface area contributed by atoms with Gasteiger partial charge >= 0.3 is 0 Å². The summed E-state index contributed by atoms with van der Waals surface area (Å²) >= 11 is 0. The number of rotatable bonds is 5. The molecule has 4 rings (SSSR count). The molecule has 0 spiro atoms. The second-order valence-electron chi connectivity index (χ2n) is 12.3. The molecule has 0 saturated heterocycles. The Bertz CT molecular complexity index is 1500. The third-order valence-electron chi connectivity index (χ3n) is 7.88. The number of hydrogen-bond acceptors (Lipinski definition) is 7. The number of carbonyl (C=O) groups excluding carboxylic acids is 4. The number of carbonyl (C=O) groups is 4. The van der Waals surface area contributed by atoms with Gasteiger partial charge in [-0.2, -0.15) is 5.10 Å². The van der Waals surface area contributed by atoms with E-state index in [-0.39, 0.29) is 48.9 Å². The van der Waals surface area contributed by atoms with E-state index in [1.54, 1.807) is 11.8 Å². The average molecular weight is 631 g/mol. The summed E-state index contributed by atoms with van der Waals surface area (Å²) in [5.41, 5.74) is 3.48. The van der Waals surface area contributed by atoms with Crippen molar-refractivity contribution in [1.82, 2.24) is 40.6 Å². The molecule has 0 unspecified atom stereocenters. The lowest BCUT2D eigenvalue weighted by atomic mass is 10.0. The molecule has 1 aliphatic heterocycles. The summed E-state index contributed by atoms with van der Waals surface area (Å²) in [6.45, 7) is 10.6. The van der Waals surface area contributed by atoms with E-state index in [1.165, 1.54) is 4.68 Å². The fraction of sp³-hybridized carbons (Fsp3) is 0.500. The summed E-state index contributed by atoms with van der Waals surface area (Å²) in [7, 11) is 0. The monoisotopic (exact) mass is 630 g/mol. The van der Waals surface area contributed by atoms with Gasteiger partial charge in [-0.05, 0) is 62.8 Å². The molecule has 0 saturated carbocycles. The van der Waals surface area contributed by atoms with Crippen molar-refractivity contribution >= 4 is 23.6 Å². The van der Waals surface area contributed by atoms with Gasteiger partial charge in [0.15, 0.2) is 5.82 Å². The molecular formula is C34H46N8O4. The van der Waals surface area contributed by atoms with Crippen molar-refractivity contribution < 1.29 is 19.2 Å². The molecule has 246 valence electrons. The Hall–Kier alpha value is -4.61. The summed E-state index contributed by atoms with van der Waals surface area (Å²) in [4.78, 5) is 64.2. The maximum absolute atomic E-state index is 13.8. The van der Waals surface area contributed by atoms with Gasteiger partial charge < -0.3 is 20.9 Å². The minimum absolute atomic E-state index is 0.0602. The van der Waals surface area contributed by atoms with Gasteiger partial charge in [0.2, 0.25) is 23.6 Å². The van der Waals surface area contributed by atoms with Crippen molar-refractivity contribution in [1.29, 1.82) is 0 Å². The van der Waals surface area contributed by atoms with Gasteiger partial charge in [-0.25, -0.2) is 9.67 Å². The average Bonchev–Trinajstić information content (AvgIpc) is 3.34. The third-order valence-corrected chi connectivity index (χ3v) is 7.88. The molecule has 3 aromatic rings. The standard InChI is InChI=1S/C34H46N8O4/c1-22(2)32-33-37-25(5)40-42(33)21-30(44)35-14-10-16-41(31(45)20-27-17-23(3)36-24(4)18-27)15-9-13-29(43)38-28(34(46)39-32)19-26-11-7-6-8-12-26/h6-8,11-12,17-18,22,28,32H,9-10,13-16,19-21H2,1-5H3,(H,35,44)(H,38,43)(H,39,46)/t28-,32+/m1/s1. The van der Waals surface area contributed by atoms with E-state index in [0.717, 1.165) is 22.5 Å². The summed E-state index contributed by atoms with van der Waals surface area (Å²) in [5.74, 6) is -0.0371. The summed E-state index contributed by atoms with van der Waals surface area (Å²) in [5, 5.41) is 13.4. The zero-order valence-electron chi connectivity index (χ0n) is 27.5. The lowest BCUT2D eigenvalue weighted by molar-refractivity contribution is -0.131. The molecule has 2 atom stereocenters. The Labute approximate surface area is 270 Å². The van der Waals surface area contributed by atoms with Gasteiger partial charge in [0.1, 0.15) is 18.4 Å². The van der Waals surface area contributed by atoms with Crippen molar-refractivity contribution in [2.45, 2.75) is 85.4 Å². The molecule has 1 aromatic carbocycles. The first-order chi connectivity index (χ1) is 22.0. The molecule has 2 aromatic heterocycles. The van der Waals surface area contributed by atoms with E-state index in [9.17, 15) is 19.2 Å². The van der Waals surface area contributed by atoms with Crippen molar-refractivity contribution in [3.63, 3.8) is 0 Å². The number of nitrogens with one attached hydrogen (secondary N) is 3. The quantitative estimate of drug-likeness (QED) is 0.392. The molecule has 0 bridgehead atoms.